The first-order chi connectivity index (χ1) is 15.0. The predicted octanol–water partition coefficient (Wildman–Crippen LogP) is 1.86. The molecule has 2 fully saturated rings. The number of hydrogen-bond acceptors (Lipinski definition) is 6. The molecule has 2 amide bonds. The van der Waals surface area contributed by atoms with E-state index in [1.54, 1.807) is 12.0 Å². The summed E-state index contributed by atoms with van der Waals surface area (Å²) in [5.74, 6) is 1.00. The molecule has 0 atom stereocenters. The number of ether oxygens (including phenoxy) is 2. The van der Waals surface area contributed by atoms with E-state index < -0.39 is 0 Å². The summed E-state index contributed by atoms with van der Waals surface area (Å²) in [6, 6.07) is 6.42. The zero-order valence-electron chi connectivity index (χ0n) is 19.1. The summed E-state index contributed by atoms with van der Waals surface area (Å²) in [5.41, 5.74) is 2.45. The van der Waals surface area contributed by atoms with Crippen LogP contribution < -0.4 is 10.1 Å². The van der Waals surface area contributed by atoms with Crippen molar-refractivity contribution >= 4 is 12.0 Å². The Balaban J connectivity index is 1.37. The zero-order chi connectivity index (χ0) is 22.2. The number of carbonyl (C=O) groups is 2. The Hall–Kier alpha value is -2.32. The molecule has 1 N–H and O–H groups in total. The molecule has 2 saturated heterocycles. The van der Waals surface area contributed by atoms with Gasteiger partial charge in [-0.1, -0.05) is 17.7 Å². The van der Waals surface area contributed by atoms with E-state index in [9.17, 15) is 9.59 Å². The third-order valence-corrected chi connectivity index (χ3v) is 6.05. The standard InChI is InChI=1S/C23H36N4O4/c1-4-31-23(29)27-9-7-20(8-10-27)24-22(28)17-26-13-11-25(12-14-26)16-19-15-18(2)5-6-21(19)30-3/h5-6,15,20H,4,7-14,16-17H2,1-3H3,(H,24,28). The van der Waals surface area contributed by atoms with Crippen LogP contribution in [0.1, 0.15) is 30.9 Å². The number of amides is 2. The van der Waals surface area contributed by atoms with Crippen molar-refractivity contribution in [1.82, 2.24) is 20.0 Å². The van der Waals surface area contributed by atoms with Crippen LogP contribution in [0.5, 0.6) is 5.75 Å². The summed E-state index contributed by atoms with van der Waals surface area (Å²) in [5, 5.41) is 3.14. The van der Waals surface area contributed by atoms with Crippen molar-refractivity contribution in [2.24, 2.45) is 0 Å². The molecule has 1 aromatic carbocycles. The minimum Gasteiger partial charge on any atom is -0.496 e. The summed E-state index contributed by atoms with van der Waals surface area (Å²) in [7, 11) is 1.71. The number of aryl methyl sites for hydroxylation is 1. The number of methoxy groups -OCH3 is 1. The van der Waals surface area contributed by atoms with E-state index in [0.717, 1.165) is 51.3 Å². The molecule has 0 bridgehead atoms. The molecule has 0 saturated carbocycles. The second-order valence-electron chi connectivity index (χ2n) is 8.40. The topological polar surface area (TPSA) is 74.4 Å². The predicted molar refractivity (Wildman–Crippen MR) is 119 cm³/mol. The number of benzene rings is 1. The van der Waals surface area contributed by atoms with Gasteiger partial charge in [0.25, 0.3) is 0 Å². The molecule has 2 heterocycles. The van der Waals surface area contributed by atoms with Crippen LogP contribution >= 0.6 is 0 Å². The van der Waals surface area contributed by atoms with Gasteiger partial charge in [-0.25, -0.2) is 4.79 Å². The molecule has 2 aliphatic heterocycles. The van der Waals surface area contributed by atoms with Gasteiger partial charge in [0.05, 0.1) is 20.3 Å². The molecule has 0 aliphatic carbocycles. The second kappa shape index (κ2) is 11.3. The number of carbonyl (C=O) groups excluding carboxylic acids is 2. The summed E-state index contributed by atoms with van der Waals surface area (Å²) in [6.45, 7) is 10.5. The number of rotatable bonds is 7. The molecule has 0 aromatic heterocycles. The number of hydrogen-bond donors (Lipinski definition) is 1. The molecule has 8 nitrogen and oxygen atoms in total. The molecular formula is C23H36N4O4. The number of piperidine rings is 1. The molecular weight excluding hydrogens is 396 g/mol. The Kier molecular flexibility index (Phi) is 8.54. The van der Waals surface area contributed by atoms with Crippen LogP contribution in [-0.2, 0) is 16.1 Å². The molecule has 3 rings (SSSR count). The molecule has 1 aromatic rings. The van der Waals surface area contributed by atoms with Gasteiger partial charge in [0, 0.05) is 57.4 Å². The van der Waals surface area contributed by atoms with Gasteiger partial charge in [-0.05, 0) is 32.8 Å². The van der Waals surface area contributed by atoms with Crippen molar-refractivity contribution in [2.45, 2.75) is 39.3 Å². The zero-order valence-corrected chi connectivity index (χ0v) is 19.1. The summed E-state index contributed by atoms with van der Waals surface area (Å²) < 4.78 is 10.5. The van der Waals surface area contributed by atoms with Crippen LogP contribution in [0.3, 0.4) is 0 Å². The fourth-order valence-corrected chi connectivity index (χ4v) is 4.27. The molecule has 8 heteroatoms. The minimum absolute atomic E-state index is 0.0726. The van der Waals surface area contributed by atoms with Crippen molar-refractivity contribution in [3.63, 3.8) is 0 Å². The smallest absolute Gasteiger partial charge is 0.409 e. The van der Waals surface area contributed by atoms with Crippen LogP contribution in [0, 0.1) is 6.92 Å². The van der Waals surface area contributed by atoms with Crippen LogP contribution in [0.25, 0.3) is 0 Å². The Labute approximate surface area is 185 Å². The van der Waals surface area contributed by atoms with E-state index in [0.29, 0.717) is 26.2 Å². The van der Waals surface area contributed by atoms with Crippen molar-refractivity contribution in [1.29, 1.82) is 0 Å². The highest BCUT2D eigenvalue weighted by Gasteiger charge is 2.26. The first-order valence-electron chi connectivity index (χ1n) is 11.3. The van der Waals surface area contributed by atoms with Gasteiger partial charge in [0.15, 0.2) is 0 Å². The lowest BCUT2D eigenvalue weighted by molar-refractivity contribution is -0.123. The molecule has 172 valence electrons. The average molecular weight is 433 g/mol. The fraction of sp³-hybridized carbons (Fsp3) is 0.652. The first-order valence-corrected chi connectivity index (χ1v) is 11.3. The number of nitrogens with one attached hydrogen (secondary N) is 1. The molecule has 31 heavy (non-hydrogen) atoms. The van der Waals surface area contributed by atoms with E-state index in [1.807, 2.05) is 13.0 Å². The summed E-state index contributed by atoms with van der Waals surface area (Å²) in [4.78, 5) is 30.6. The van der Waals surface area contributed by atoms with E-state index in [-0.39, 0.29) is 18.0 Å². The third kappa shape index (κ3) is 6.83. The number of likely N-dealkylation sites (tertiary alicyclic amines) is 1. The lowest BCUT2D eigenvalue weighted by Crippen LogP contribution is -2.52. The largest absolute Gasteiger partial charge is 0.496 e. The normalized spacial score (nSPS) is 18.6. The van der Waals surface area contributed by atoms with Gasteiger partial charge in [-0.3, -0.25) is 14.6 Å². The molecule has 0 radical (unpaired) electrons. The van der Waals surface area contributed by atoms with Gasteiger partial charge in [0.2, 0.25) is 5.91 Å². The van der Waals surface area contributed by atoms with Crippen molar-refractivity contribution in [3.05, 3.63) is 29.3 Å². The lowest BCUT2D eigenvalue weighted by Gasteiger charge is -2.35. The SMILES string of the molecule is CCOC(=O)N1CCC(NC(=O)CN2CCN(Cc3cc(C)ccc3OC)CC2)CC1. The van der Waals surface area contributed by atoms with Crippen LogP contribution in [-0.4, -0.2) is 92.3 Å². The fourth-order valence-electron chi connectivity index (χ4n) is 4.27. The lowest BCUT2D eigenvalue weighted by atomic mass is 10.1. The minimum atomic E-state index is -0.256. The van der Waals surface area contributed by atoms with Crippen LogP contribution in [0.4, 0.5) is 4.79 Å². The average Bonchev–Trinajstić information content (AvgIpc) is 2.76. The monoisotopic (exact) mass is 432 g/mol. The van der Waals surface area contributed by atoms with E-state index >= 15 is 0 Å². The Morgan fingerprint density at radius 1 is 1.06 bits per heavy atom. The quantitative estimate of drug-likeness (QED) is 0.709. The molecule has 2 aliphatic rings. The van der Waals surface area contributed by atoms with Gasteiger partial charge in [-0.15, -0.1) is 0 Å². The highest BCUT2D eigenvalue weighted by Crippen LogP contribution is 2.22. The van der Waals surface area contributed by atoms with Crippen molar-refractivity contribution < 1.29 is 19.1 Å². The second-order valence-corrected chi connectivity index (χ2v) is 8.40. The van der Waals surface area contributed by atoms with E-state index in [1.165, 1.54) is 11.1 Å². The summed E-state index contributed by atoms with van der Waals surface area (Å²) >= 11 is 0. The van der Waals surface area contributed by atoms with E-state index in [2.05, 4.69) is 34.2 Å². The van der Waals surface area contributed by atoms with Gasteiger partial charge < -0.3 is 19.7 Å². The number of nitrogens with zero attached hydrogens (tertiary/aromatic N) is 3. The van der Waals surface area contributed by atoms with Crippen LogP contribution in [0.15, 0.2) is 18.2 Å². The molecule has 0 unspecified atom stereocenters. The number of piperazine rings is 1. The maximum atomic E-state index is 12.5. The Bertz CT molecular complexity index is 741. The Morgan fingerprint density at radius 3 is 2.39 bits per heavy atom. The highest BCUT2D eigenvalue weighted by atomic mass is 16.6. The summed E-state index contributed by atoms with van der Waals surface area (Å²) in [6.07, 6.45) is 1.29. The maximum Gasteiger partial charge on any atom is 0.409 e. The van der Waals surface area contributed by atoms with Crippen molar-refractivity contribution in [2.75, 3.05) is 59.5 Å². The molecule has 0 spiro atoms. The first kappa shape index (κ1) is 23.3. The van der Waals surface area contributed by atoms with E-state index in [4.69, 9.17) is 9.47 Å². The van der Waals surface area contributed by atoms with Gasteiger partial charge in [-0.2, -0.15) is 0 Å². The van der Waals surface area contributed by atoms with Crippen LogP contribution in [0.2, 0.25) is 0 Å². The van der Waals surface area contributed by atoms with Crippen molar-refractivity contribution in [3.8, 4) is 5.75 Å². The van der Waals surface area contributed by atoms with Gasteiger partial charge in [0.1, 0.15) is 5.75 Å². The maximum absolute atomic E-state index is 12.5. The highest BCUT2D eigenvalue weighted by molar-refractivity contribution is 5.78. The Morgan fingerprint density at radius 2 is 1.74 bits per heavy atom. The third-order valence-electron chi connectivity index (χ3n) is 6.05. The van der Waals surface area contributed by atoms with Gasteiger partial charge >= 0.3 is 6.09 Å².